The van der Waals surface area contributed by atoms with E-state index < -0.39 is 5.60 Å². The predicted octanol–water partition coefficient (Wildman–Crippen LogP) is 2.08. The third kappa shape index (κ3) is 3.20. The van der Waals surface area contributed by atoms with Gasteiger partial charge in [-0.05, 0) is 25.5 Å². The molecule has 0 saturated carbocycles. The summed E-state index contributed by atoms with van der Waals surface area (Å²) in [6, 6.07) is 7.60. The average Bonchev–Trinajstić information content (AvgIpc) is 2.43. The fourth-order valence-corrected chi connectivity index (χ4v) is 2.22. The highest BCUT2D eigenvalue weighted by molar-refractivity contribution is 5.92. The highest BCUT2D eigenvalue weighted by Crippen LogP contribution is 2.25. The first kappa shape index (κ1) is 14.6. The Morgan fingerprint density at radius 1 is 1.40 bits per heavy atom. The largest absolute Gasteiger partial charge is 0.493 e. The van der Waals surface area contributed by atoms with Crippen LogP contribution in [0.25, 0.3) is 6.08 Å². The van der Waals surface area contributed by atoms with Gasteiger partial charge in [0.1, 0.15) is 5.75 Å². The van der Waals surface area contributed by atoms with Gasteiger partial charge in [0, 0.05) is 11.6 Å². The molecule has 4 nitrogen and oxygen atoms in total. The van der Waals surface area contributed by atoms with Crippen LogP contribution in [0.4, 0.5) is 0 Å². The third-order valence-corrected chi connectivity index (χ3v) is 3.56. The van der Waals surface area contributed by atoms with Crippen LogP contribution in [0.2, 0.25) is 0 Å². The summed E-state index contributed by atoms with van der Waals surface area (Å²) in [5.74, 6) is 0.696. The Kier molecular flexibility index (Phi) is 4.45. The Labute approximate surface area is 119 Å². The lowest BCUT2D eigenvalue weighted by molar-refractivity contribution is -0.150. The van der Waals surface area contributed by atoms with Gasteiger partial charge in [-0.2, -0.15) is 0 Å². The molecule has 2 rings (SSSR count). The van der Waals surface area contributed by atoms with Gasteiger partial charge in [-0.25, -0.2) is 0 Å². The van der Waals surface area contributed by atoms with Crippen LogP contribution in [-0.2, 0) is 4.79 Å². The maximum atomic E-state index is 12.0. The molecule has 0 bridgehead atoms. The van der Waals surface area contributed by atoms with Gasteiger partial charge in [0.05, 0.1) is 25.3 Å². The Hall–Kier alpha value is -1.81. The minimum Gasteiger partial charge on any atom is -0.493 e. The summed E-state index contributed by atoms with van der Waals surface area (Å²) < 4.78 is 5.50. The van der Waals surface area contributed by atoms with Gasteiger partial charge in [-0.3, -0.25) is 4.79 Å². The molecule has 1 aromatic rings. The fraction of sp³-hybridized carbons (Fsp3) is 0.438. The Bertz CT molecular complexity index is 504. The standard InChI is InChI=1S/C16H21NO3/c1-3-16(19)11-17(12-16)15(18)10-9-13-7-5-6-8-14(13)20-4-2/h5-10,19H,3-4,11-12H2,1-2H3. The number of benzene rings is 1. The molecule has 0 radical (unpaired) electrons. The second kappa shape index (κ2) is 6.09. The minimum atomic E-state index is -0.688. The molecule has 108 valence electrons. The molecule has 0 unspecified atom stereocenters. The first-order valence-electron chi connectivity index (χ1n) is 6.99. The van der Waals surface area contributed by atoms with Crippen molar-refractivity contribution in [3.05, 3.63) is 35.9 Å². The molecule has 1 aliphatic heterocycles. The van der Waals surface area contributed by atoms with Crippen molar-refractivity contribution in [2.24, 2.45) is 0 Å². The van der Waals surface area contributed by atoms with Crippen molar-refractivity contribution in [1.29, 1.82) is 0 Å². The number of hydrogen-bond acceptors (Lipinski definition) is 3. The zero-order chi connectivity index (χ0) is 14.6. The molecular weight excluding hydrogens is 254 g/mol. The van der Waals surface area contributed by atoms with E-state index in [1.54, 1.807) is 11.0 Å². The number of likely N-dealkylation sites (tertiary alicyclic amines) is 1. The van der Waals surface area contributed by atoms with Crippen LogP contribution in [0, 0.1) is 0 Å². The summed E-state index contributed by atoms with van der Waals surface area (Å²) in [4.78, 5) is 13.6. The van der Waals surface area contributed by atoms with E-state index in [-0.39, 0.29) is 5.91 Å². The Morgan fingerprint density at radius 2 is 2.10 bits per heavy atom. The molecule has 1 amide bonds. The second-order valence-electron chi connectivity index (χ2n) is 5.08. The number of hydrogen-bond donors (Lipinski definition) is 1. The predicted molar refractivity (Wildman–Crippen MR) is 78.5 cm³/mol. The minimum absolute atomic E-state index is 0.0746. The topological polar surface area (TPSA) is 49.8 Å². The van der Waals surface area contributed by atoms with E-state index in [0.717, 1.165) is 11.3 Å². The van der Waals surface area contributed by atoms with Crippen molar-refractivity contribution >= 4 is 12.0 Å². The molecular formula is C16H21NO3. The molecule has 1 aliphatic rings. The maximum absolute atomic E-state index is 12.0. The number of ether oxygens (including phenoxy) is 1. The number of para-hydroxylation sites is 1. The molecule has 4 heteroatoms. The monoisotopic (exact) mass is 275 g/mol. The van der Waals surface area contributed by atoms with Gasteiger partial charge in [0.25, 0.3) is 0 Å². The molecule has 1 fully saturated rings. The van der Waals surface area contributed by atoms with Crippen LogP contribution < -0.4 is 4.74 Å². The van der Waals surface area contributed by atoms with Gasteiger partial charge in [-0.1, -0.05) is 25.1 Å². The number of aliphatic hydroxyl groups is 1. The first-order valence-corrected chi connectivity index (χ1v) is 6.99. The van der Waals surface area contributed by atoms with Gasteiger partial charge >= 0.3 is 0 Å². The zero-order valence-corrected chi connectivity index (χ0v) is 12.0. The van der Waals surface area contributed by atoms with Crippen LogP contribution in [0.1, 0.15) is 25.8 Å². The Balaban J connectivity index is 1.98. The Morgan fingerprint density at radius 3 is 2.75 bits per heavy atom. The van der Waals surface area contributed by atoms with Crippen LogP contribution in [0.15, 0.2) is 30.3 Å². The van der Waals surface area contributed by atoms with Crippen molar-refractivity contribution < 1.29 is 14.6 Å². The molecule has 1 saturated heterocycles. The van der Waals surface area contributed by atoms with E-state index in [1.165, 1.54) is 6.08 Å². The molecule has 20 heavy (non-hydrogen) atoms. The van der Waals surface area contributed by atoms with Gasteiger partial charge in [0.15, 0.2) is 0 Å². The highest BCUT2D eigenvalue weighted by atomic mass is 16.5. The average molecular weight is 275 g/mol. The van der Waals surface area contributed by atoms with E-state index in [9.17, 15) is 9.90 Å². The summed E-state index contributed by atoms with van der Waals surface area (Å²) in [6.07, 6.45) is 3.97. The van der Waals surface area contributed by atoms with Crippen molar-refractivity contribution in [2.45, 2.75) is 25.9 Å². The van der Waals surface area contributed by atoms with Crippen molar-refractivity contribution in [1.82, 2.24) is 4.90 Å². The van der Waals surface area contributed by atoms with E-state index >= 15 is 0 Å². The summed E-state index contributed by atoms with van der Waals surface area (Å²) in [6.45, 7) is 5.28. The third-order valence-electron chi connectivity index (χ3n) is 3.56. The van der Waals surface area contributed by atoms with Crippen molar-refractivity contribution in [3.8, 4) is 5.75 Å². The summed E-state index contributed by atoms with van der Waals surface area (Å²) in [5.41, 5.74) is 0.196. The van der Waals surface area contributed by atoms with Crippen LogP contribution >= 0.6 is 0 Å². The first-order chi connectivity index (χ1) is 9.58. The lowest BCUT2D eigenvalue weighted by Crippen LogP contribution is -2.62. The number of rotatable bonds is 5. The SMILES string of the molecule is CCOc1ccccc1C=CC(=O)N1CC(O)(CC)C1. The smallest absolute Gasteiger partial charge is 0.246 e. The van der Waals surface area contributed by atoms with Crippen LogP contribution in [0.3, 0.4) is 0 Å². The number of carbonyl (C=O) groups excluding carboxylic acids is 1. The van der Waals surface area contributed by atoms with E-state index in [1.807, 2.05) is 38.1 Å². The molecule has 1 heterocycles. The molecule has 0 aromatic heterocycles. The fourth-order valence-electron chi connectivity index (χ4n) is 2.22. The summed E-state index contributed by atoms with van der Waals surface area (Å²) >= 11 is 0. The van der Waals surface area contributed by atoms with E-state index in [2.05, 4.69) is 0 Å². The van der Waals surface area contributed by atoms with Gasteiger partial charge in [-0.15, -0.1) is 0 Å². The number of amides is 1. The number of β-amino-alcohol motifs (C(OH)–C–C–N with tert-alkyl or cyclic N) is 1. The molecule has 0 atom stereocenters. The van der Waals surface area contributed by atoms with E-state index in [4.69, 9.17) is 4.74 Å². The molecule has 1 N–H and O–H groups in total. The summed E-state index contributed by atoms with van der Waals surface area (Å²) in [5, 5.41) is 9.90. The lowest BCUT2D eigenvalue weighted by Gasteiger charge is -2.45. The lowest BCUT2D eigenvalue weighted by atomic mass is 9.91. The number of nitrogens with zero attached hydrogens (tertiary/aromatic N) is 1. The number of carbonyl (C=O) groups is 1. The second-order valence-corrected chi connectivity index (χ2v) is 5.08. The van der Waals surface area contributed by atoms with Crippen molar-refractivity contribution in [2.75, 3.05) is 19.7 Å². The molecule has 0 spiro atoms. The van der Waals surface area contributed by atoms with Gasteiger partial charge in [0.2, 0.25) is 5.91 Å². The highest BCUT2D eigenvalue weighted by Gasteiger charge is 2.41. The summed E-state index contributed by atoms with van der Waals surface area (Å²) in [7, 11) is 0. The normalized spacial score (nSPS) is 17.1. The molecule has 0 aliphatic carbocycles. The van der Waals surface area contributed by atoms with Gasteiger partial charge < -0.3 is 14.7 Å². The van der Waals surface area contributed by atoms with Crippen LogP contribution in [-0.4, -0.2) is 41.2 Å². The van der Waals surface area contributed by atoms with E-state index in [0.29, 0.717) is 26.1 Å². The van der Waals surface area contributed by atoms with Crippen molar-refractivity contribution in [3.63, 3.8) is 0 Å². The zero-order valence-electron chi connectivity index (χ0n) is 12.0. The quantitative estimate of drug-likeness (QED) is 0.837. The molecule has 1 aromatic carbocycles. The maximum Gasteiger partial charge on any atom is 0.246 e. The van der Waals surface area contributed by atoms with Crippen LogP contribution in [0.5, 0.6) is 5.75 Å².